The monoisotopic (exact) mass is 294 g/mol. The molecule has 3 rings (SSSR count). The molecule has 5 heteroatoms. The molecule has 2 atom stereocenters. The number of nitrogens with one attached hydrogen (secondary N) is 1. The van der Waals surface area contributed by atoms with Crippen molar-refractivity contribution >= 4 is 11.9 Å². The molecule has 0 aromatic carbocycles. The van der Waals surface area contributed by atoms with Gasteiger partial charge in [-0.2, -0.15) is 0 Å². The number of piperidine rings is 1. The second-order valence-corrected chi connectivity index (χ2v) is 6.89. The van der Waals surface area contributed by atoms with Gasteiger partial charge in [-0.25, -0.2) is 0 Å². The van der Waals surface area contributed by atoms with Crippen molar-refractivity contribution in [1.29, 1.82) is 0 Å². The van der Waals surface area contributed by atoms with Crippen LogP contribution in [-0.2, 0) is 9.59 Å². The second kappa shape index (κ2) is 6.34. The van der Waals surface area contributed by atoms with Crippen LogP contribution in [0.1, 0.15) is 51.4 Å². The molecule has 2 N–H and O–H groups in total. The SMILES string of the molecule is O=C(O)[C@H]1CCCC[C@H]1C(=O)NC1CCN(C2CC2)CC1. The highest BCUT2D eigenvalue weighted by atomic mass is 16.4. The fourth-order valence-electron chi connectivity index (χ4n) is 3.90. The highest BCUT2D eigenvalue weighted by molar-refractivity contribution is 5.85. The maximum Gasteiger partial charge on any atom is 0.307 e. The summed E-state index contributed by atoms with van der Waals surface area (Å²) in [7, 11) is 0. The number of carboxylic acids is 1. The zero-order valence-electron chi connectivity index (χ0n) is 12.6. The Morgan fingerprint density at radius 3 is 2.10 bits per heavy atom. The number of rotatable bonds is 4. The van der Waals surface area contributed by atoms with Gasteiger partial charge in [-0.15, -0.1) is 0 Å². The van der Waals surface area contributed by atoms with Crippen molar-refractivity contribution in [1.82, 2.24) is 10.2 Å². The van der Waals surface area contributed by atoms with E-state index in [2.05, 4.69) is 10.2 Å². The van der Waals surface area contributed by atoms with Crippen LogP contribution in [0.2, 0.25) is 0 Å². The van der Waals surface area contributed by atoms with Gasteiger partial charge in [-0.3, -0.25) is 9.59 Å². The molecule has 1 aliphatic heterocycles. The molecule has 1 saturated heterocycles. The van der Waals surface area contributed by atoms with Gasteiger partial charge in [0, 0.05) is 25.2 Å². The molecule has 5 nitrogen and oxygen atoms in total. The van der Waals surface area contributed by atoms with Gasteiger partial charge in [0.05, 0.1) is 11.8 Å². The third-order valence-electron chi connectivity index (χ3n) is 5.36. The number of likely N-dealkylation sites (tertiary alicyclic amines) is 1. The van der Waals surface area contributed by atoms with E-state index >= 15 is 0 Å². The topological polar surface area (TPSA) is 69.6 Å². The van der Waals surface area contributed by atoms with Crippen molar-refractivity contribution in [3.8, 4) is 0 Å². The molecule has 3 fully saturated rings. The van der Waals surface area contributed by atoms with Crippen molar-refractivity contribution in [2.24, 2.45) is 11.8 Å². The number of carbonyl (C=O) groups is 2. The molecule has 2 saturated carbocycles. The summed E-state index contributed by atoms with van der Waals surface area (Å²) in [6.07, 6.45) is 7.96. The highest BCUT2D eigenvalue weighted by Crippen LogP contribution is 2.32. The van der Waals surface area contributed by atoms with Gasteiger partial charge in [0.2, 0.25) is 5.91 Å². The maximum absolute atomic E-state index is 12.4. The molecule has 0 spiro atoms. The van der Waals surface area contributed by atoms with Crippen molar-refractivity contribution in [3.05, 3.63) is 0 Å². The number of carbonyl (C=O) groups excluding carboxylic acids is 1. The van der Waals surface area contributed by atoms with Crippen LogP contribution in [-0.4, -0.2) is 47.1 Å². The molecular formula is C16H26N2O3. The number of nitrogens with zero attached hydrogens (tertiary/aromatic N) is 1. The van der Waals surface area contributed by atoms with E-state index in [1.54, 1.807) is 0 Å². The molecule has 1 amide bonds. The van der Waals surface area contributed by atoms with Gasteiger partial charge in [-0.1, -0.05) is 12.8 Å². The van der Waals surface area contributed by atoms with Crippen LogP contribution in [0.4, 0.5) is 0 Å². The lowest BCUT2D eigenvalue weighted by molar-refractivity contribution is -0.149. The Balaban J connectivity index is 1.49. The summed E-state index contributed by atoms with van der Waals surface area (Å²) < 4.78 is 0. The third-order valence-corrected chi connectivity index (χ3v) is 5.36. The summed E-state index contributed by atoms with van der Waals surface area (Å²) in [5, 5.41) is 12.4. The Labute approximate surface area is 126 Å². The quantitative estimate of drug-likeness (QED) is 0.826. The van der Waals surface area contributed by atoms with Crippen LogP contribution in [0, 0.1) is 11.8 Å². The van der Waals surface area contributed by atoms with Crippen molar-refractivity contribution in [2.75, 3.05) is 13.1 Å². The Bertz CT molecular complexity index is 400. The van der Waals surface area contributed by atoms with Gasteiger partial charge in [0.15, 0.2) is 0 Å². The summed E-state index contributed by atoms with van der Waals surface area (Å²) >= 11 is 0. The highest BCUT2D eigenvalue weighted by Gasteiger charge is 2.37. The first-order valence-electron chi connectivity index (χ1n) is 8.42. The Morgan fingerprint density at radius 2 is 1.52 bits per heavy atom. The summed E-state index contributed by atoms with van der Waals surface area (Å²) in [6, 6.07) is 1.04. The van der Waals surface area contributed by atoms with Crippen molar-refractivity contribution < 1.29 is 14.7 Å². The molecule has 21 heavy (non-hydrogen) atoms. The first-order valence-corrected chi connectivity index (χ1v) is 8.42. The molecule has 0 aromatic rings. The van der Waals surface area contributed by atoms with E-state index in [1.165, 1.54) is 12.8 Å². The summed E-state index contributed by atoms with van der Waals surface area (Å²) in [5.41, 5.74) is 0. The Morgan fingerprint density at radius 1 is 0.905 bits per heavy atom. The smallest absolute Gasteiger partial charge is 0.307 e. The van der Waals surface area contributed by atoms with E-state index in [0.29, 0.717) is 6.42 Å². The first kappa shape index (κ1) is 14.8. The number of hydrogen-bond acceptors (Lipinski definition) is 3. The normalized spacial score (nSPS) is 31.8. The summed E-state index contributed by atoms with van der Waals surface area (Å²) in [5.74, 6) is -1.63. The number of aliphatic carboxylic acids is 1. The minimum Gasteiger partial charge on any atom is -0.481 e. The van der Waals surface area contributed by atoms with E-state index in [-0.39, 0.29) is 17.9 Å². The second-order valence-electron chi connectivity index (χ2n) is 6.89. The molecule has 2 aliphatic carbocycles. The van der Waals surface area contributed by atoms with E-state index < -0.39 is 11.9 Å². The summed E-state index contributed by atoms with van der Waals surface area (Å²) in [4.78, 5) is 26.3. The van der Waals surface area contributed by atoms with Gasteiger partial charge in [-0.05, 0) is 38.5 Å². The predicted molar refractivity (Wildman–Crippen MR) is 78.8 cm³/mol. The van der Waals surface area contributed by atoms with E-state index in [9.17, 15) is 14.7 Å². The van der Waals surface area contributed by atoms with Gasteiger partial charge < -0.3 is 15.3 Å². The molecule has 0 radical (unpaired) electrons. The van der Waals surface area contributed by atoms with Crippen LogP contribution < -0.4 is 5.32 Å². The van der Waals surface area contributed by atoms with Crippen molar-refractivity contribution in [2.45, 2.75) is 63.5 Å². The van der Waals surface area contributed by atoms with E-state index in [4.69, 9.17) is 0 Å². The number of amides is 1. The van der Waals surface area contributed by atoms with Gasteiger partial charge in [0.1, 0.15) is 0 Å². The lowest BCUT2D eigenvalue weighted by Crippen LogP contribution is -2.48. The molecule has 1 heterocycles. The van der Waals surface area contributed by atoms with Crippen LogP contribution in [0.15, 0.2) is 0 Å². The lowest BCUT2D eigenvalue weighted by Gasteiger charge is -2.34. The van der Waals surface area contributed by atoms with E-state index in [1.807, 2.05) is 0 Å². The van der Waals surface area contributed by atoms with Crippen LogP contribution >= 0.6 is 0 Å². The van der Waals surface area contributed by atoms with Crippen LogP contribution in [0.5, 0.6) is 0 Å². The zero-order chi connectivity index (χ0) is 14.8. The number of carboxylic acid groups (broad SMARTS) is 1. The standard InChI is InChI=1S/C16H26N2O3/c19-15(13-3-1-2-4-14(13)16(20)21)17-11-7-9-18(10-8-11)12-5-6-12/h11-14H,1-10H2,(H,17,19)(H,20,21)/t13-,14+/m1/s1. The largest absolute Gasteiger partial charge is 0.481 e. The first-order chi connectivity index (χ1) is 10.1. The van der Waals surface area contributed by atoms with Crippen LogP contribution in [0.25, 0.3) is 0 Å². The molecular weight excluding hydrogens is 268 g/mol. The minimum absolute atomic E-state index is 0.0213. The van der Waals surface area contributed by atoms with Gasteiger partial charge >= 0.3 is 5.97 Å². The minimum atomic E-state index is -0.807. The molecule has 0 unspecified atom stereocenters. The Hall–Kier alpha value is -1.10. The summed E-state index contributed by atoms with van der Waals surface area (Å²) in [6.45, 7) is 2.14. The fourth-order valence-corrected chi connectivity index (χ4v) is 3.90. The lowest BCUT2D eigenvalue weighted by atomic mass is 9.78. The average molecular weight is 294 g/mol. The van der Waals surface area contributed by atoms with Gasteiger partial charge in [0.25, 0.3) is 0 Å². The van der Waals surface area contributed by atoms with E-state index in [0.717, 1.165) is 51.2 Å². The average Bonchev–Trinajstić information content (AvgIpc) is 3.32. The zero-order valence-corrected chi connectivity index (χ0v) is 12.6. The maximum atomic E-state index is 12.4. The molecule has 0 aromatic heterocycles. The molecule has 118 valence electrons. The number of hydrogen-bond donors (Lipinski definition) is 2. The molecule has 3 aliphatic rings. The van der Waals surface area contributed by atoms with Crippen LogP contribution in [0.3, 0.4) is 0 Å². The van der Waals surface area contributed by atoms with Crippen molar-refractivity contribution in [3.63, 3.8) is 0 Å². The Kier molecular flexibility index (Phi) is 4.48. The predicted octanol–water partition coefficient (Wildman–Crippen LogP) is 1.62. The fraction of sp³-hybridized carbons (Fsp3) is 0.875. The molecule has 0 bridgehead atoms. The third kappa shape index (κ3) is 3.57.